The highest BCUT2D eigenvalue weighted by molar-refractivity contribution is 7.85. The van der Waals surface area contributed by atoms with Gasteiger partial charge in [-0.1, -0.05) is 44.2 Å². The summed E-state index contributed by atoms with van der Waals surface area (Å²) >= 11 is 0. The van der Waals surface area contributed by atoms with Crippen LogP contribution in [0.3, 0.4) is 0 Å². The Hall–Kier alpha value is -2.38. The molecule has 1 aliphatic rings. The van der Waals surface area contributed by atoms with Gasteiger partial charge in [-0.25, -0.2) is 0 Å². The van der Waals surface area contributed by atoms with Crippen LogP contribution in [-0.2, 0) is 20.3 Å². The molecule has 0 radical (unpaired) electrons. The van der Waals surface area contributed by atoms with Crippen LogP contribution in [0, 0.1) is 0 Å². The molecular weight excluding hydrogens is 388 g/mol. The standard InChI is InChI=1S/C22H28N2O4S/c1-16(25)23-13-12-20-22(2,3)21-18-9-5-4-8-17(18)10-11-19(21)24(20)14-6-7-15-29(26,27)28/h4-5,8-13,20H,6-7,14-15H2,1-3H3,(H,23,25)(H,26,27,28). The molecule has 1 unspecified atom stereocenters. The third-order valence-corrected chi connectivity index (χ3v) is 6.36. The summed E-state index contributed by atoms with van der Waals surface area (Å²) in [6.45, 7) is 6.51. The summed E-state index contributed by atoms with van der Waals surface area (Å²) in [5, 5.41) is 5.10. The molecular formula is C22H28N2O4S. The van der Waals surface area contributed by atoms with E-state index in [-0.39, 0.29) is 23.1 Å². The maximum atomic E-state index is 11.3. The van der Waals surface area contributed by atoms with E-state index in [4.69, 9.17) is 4.55 Å². The molecule has 0 saturated carbocycles. The van der Waals surface area contributed by atoms with Gasteiger partial charge in [0.25, 0.3) is 10.1 Å². The molecule has 29 heavy (non-hydrogen) atoms. The molecule has 2 aromatic rings. The van der Waals surface area contributed by atoms with Gasteiger partial charge in [-0.05, 0) is 41.3 Å². The van der Waals surface area contributed by atoms with Gasteiger partial charge in [-0.2, -0.15) is 8.42 Å². The summed E-state index contributed by atoms with van der Waals surface area (Å²) in [6, 6.07) is 12.5. The molecule has 156 valence electrons. The Bertz CT molecular complexity index is 1040. The normalized spacial score (nSPS) is 18.3. The average molecular weight is 417 g/mol. The smallest absolute Gasteiger partial charge is 0.264 e. The van der Waals surface area contributed by atoms with E-state index in [1.807, 2.05) is 18.2 Å². The van der Waals surface area contributed by atoms with Crippen LogP contribution in [0.4, 0.5) is 5.69 Å². The van der Waals surface area contributed by atoms with Crippen LogP contribution in [0.5, 0.6) is 0 Å². The average Bonchev–Trinajstić information content (AvgIpc) is 2.85. The molecule has 1 aliphatic heterocycles. The van der Waals surface area contributed by atoms with Crippen molar-refractivity contribution in [2.24, 2.45) is 0 Å². The number of hydrogen-bond acceptors (Lipinski definition) is 4. The van der Waals surface area contributed by atoms with Gasteiger partial charge in [0.2, 0.25) is 5.91 Å². The van der Waals surface area contributed by atoms with Gasteiger partial charge >= 0.3 is 0 Å². The van der Waals surface area contributed by atoms with Crippen LogP contribution < -0.4 is 10.2 Å². The summed E-state index contributed by atoms with van der Waals surface area (Å²) < 4.78 is 31.1. The van der Waals surface area contributed by atoms with E-state index in [0.29, 0.717) is 19.4 Å². The maximum Gasteiger partial charge on any atom is 0.264 e. The van der Waals surface area contributed by atoms with Gasteiger partial charge in [0.1, 0.15) is 0 Å². The maximum absolute atomic E-state index is 11.3. The van der Waals surface area contributed by atoms with E-state index < -0.39 is 10.1 Å². The second kappa shape index (κ2) is 8.16. The number of carbonyl (C=O) groups excluding carboxylic acids is 1. The van der Waals surface area contributed by atoms with E-state index in [9.17, 15) is 13.2 Å². The van der Waals surface area contributed by atoms with Crippen LogP contribution in [0.1, 0.15) is 39.2 Å². The van der Waals surface area contributed by atoms with Crippen LogP contribution in [0.2, 0.25) is 0 Å². The Morgan fingerprint density at radius 2 is 1.93 bits per heavy atom. The van der Waals surface area contributed by atoms with Crippen molar-refractivity contribution in [2.75, 3.05) is 17.2 Å². The predicted molar refractivity (Wildman–Crippen MR) is 117 cm³/mol. The summed E-state index contributed by atoms with van der Waals surface area (Å²) in [6.07, 6.45) is 4.71. The second-order valence-corrected chi connectivity index (χ2v) is 9.67. The molecule has 1 amide bonds. The van der Waals surface area contributed by atoms with Gasteiger partial charge in [0.05, 0.1) is 11.8 Å². The lowest BCUT2D eigenvalue weighted by Crippen LogP contribution is -2.41. The highest BCUT2D eigenvalue weighted by atomic mass is 32.2. The van der Waals surface area contributed by atoms with Crippen molar-refractivity contribution >= 4 is 32.5 Å². The molecule has 0 spiro atoms. The molecule has 1 atom stereocenters. The SMILES string of the molecule is CC(=O)NC=CC1N(CCCCS(=O)(=O)O)c2ccc3ccccc3c2C1(C)C. The molecule has 2 aromatic carbocycles. The number of anilines is 1. The topological polar surface area (TPSA) is 86.7 Å². The fraction of sp³-hybridized carbons (Fsp3) is 0.409. The minimum atomic E-state index is -3.95. The van der Waals surface area contributed by atoms with Crippen molar-refractivity contribution in [3.05, 3.63) is 54.2 Å². The Labute approximate surface area is 172 Å². The molecule has 2 N–H and O–H groups in total. The van der Waals surface area contributed by atoms with Crippen LogP contribution >= 0.6 is 0 Å². The minimum Gasteiger partial charge on any atom is -0.364 e. The number of carbonyl (C=O) groups is 1. The lowest BCUT2D eigenvalue weighted by molar-refractivity contribution is -0.118. The third kappa shape index (κ3) is 4.62. The largest absolute Gasteiger partial charge is 0.364 e. The Morgan fingerprint density at radius 1 is 1.21 bits per heavy atom. The summed E-state index contributed by atoms with van der Waals surface area (Å²) in [5.74, 6) is -0.360. The molecule has 0 saturated heterocycles. The number of nitrogens with zero attached hydrogens (tertiary/aromatic N) is 1. The van der Waals surface area contributed by atoms with E-state index in [2.05, 4.69) is 48.3 Å². The lowest BCUT2D eigenvalue weighted by atomic mass is 9.78. The molecule has 7 heteroatoms. The van der Waals surface area contributed by atoms with Gasteiger partial charge < -0.3 is 10.2 Å². The van der Waals surface area contributed by atoms with Gasteiger partial charge in [-0.3, -0.25) is 9.35 Å². The third-order valence-electron chi connectivity index (χ3n) is 5.55. The fourth-order valence-corrected chi connectivity index (χ4v) is 4.86. The van der Waals surface area contributed by atoms with Crippen LogP contribution in [-0.4, -0.2) is 37.2 Å². The number of amides is 1. The highest BCUT2D eigenvalue weighted by Gasteiger charge is 2.43. The first-order valence-corrected chi connectivity index (χ1v) is 11.4. The van der Waals surface area contributed by atoms with Crippen molar-refractivity contribution in [1.29, 1.82) is 0 Å². The Kier molecular flexibility index (Phi) is 6.00. The summed E-state index contributed by atoms with van der Waals surface area (Å²) in [4.78, 5) is 13.6. The molecule has 1 heterocycles. The molecule has 6 nitrogen and oxygen atoms in total. The van der Waals surface area contributed by atoms with Crippen molar-refractivity contribution in [2.45, 2.75) is 45.1 Å². The van der Waals surface area contributed by atoms with Gasteiger partial charge in [-0.15, -0.1) is 0 Å². The van der Waals surface area contributed by atoms with Crippen LogP contribution in [0.25, 0.3) is 10.8 Å². The number of nitrogens with one attached hydrogen (secondary N) is 1. The lowest BCUT2D eigenvalue weighted by Gasteiger charge is -2.32. The van der Waals surface area contributed by atoms with Crippen molar-refractivity contribution in [3.8, 4) is 0 Å². The van der Waals surface area contributed by atoms with Gasteiger partial charge in [0, 0.05) is 30.8 Å². The second-order valence-electron chi connectivity index (χ2n) is 8.09. The highest BCUT2D eigenvalue weighted by Crippen LogP contribution is 2.49. The number of rotatable bonds is 7. The first-order chi connectivity index (χ1) is 13.6. The van der Waals surface area contributed by atoms with Crippen molar-refractivity contribution < 1.29 is 17.8 Å². The number of fused-ring (bicyclic) bond motifs is 3. The first kappa shape index (κ1) is 21.3. The molecule has 0 fully saturated rings. The molecule has 3 rings (SSSR count). The van der Waals surface area contributed by atoms with Gasteiger partial charge in [0.15, 0.2) is 0 Å². The summed E-state index contributed by atoms with van der Waals surface area (Å²) in [5.41, 5.74) is 2.16. The number of benzene rings is 2. The summed E-state index contributed by atoms with van der Waals surface area (Å²) in [7, 11) is -3.95. The predicted octanol–water partition coefficient (Wildman–Crippen LogP) is 3.62. The zero-order valence-corrected chi connectivity index (χ0v) is 17.9. The van der Waals surface area contributed by atoms with E-state index >= 15 is 0 Å². The zero-order valence-electron chi connectivity index (χ0n) is 17.1. The first-order valence-electron chi connectivity index (χ1n) is 9.79. The minimum absolute atomic E-state index is 0.000824. The quantitative estimate of drug-likeness (QED) is 0.532. The van der Waals surface area contributed by atoms with E-state index in [1.165, 1.54) is 23.3 Å². The number of hydrogen-bond donors (Lipinski definition) is 2. The molecule has 0 aliphatic carbocycles. The Balaban J connectivity index is 1.97. The van der Waals surface area contributed by atoms with Crippen molar-refractivity contribution in [3.63, 3.8) is 0 Å². The fourth-order valence-electron chi connectivity index (χ4n) is 4.29. The van der Waals surface area contributed by atoms with Crippen LogP contribution in [0.15, 0.2) is 48.7 Å². The zero-order chi connectivity index (χ0) is 21.2. The molecule has 0 bridgehead atoms. The number of unbranched alkanes of at least 4 members (excludes halogenated alkanes) is 1. The van der Waals surface area contributed by atoms with Crippen molar-refractivity contribution in [1.82, 2.24) is 5.32 Å². The van der Waals surface area contributed by atoms with E-state index in [0.717, 1.165) is 5.69 Å². The molecule has 0 aromatic heterocycles. The monoisotopic (exact) mass is 416 g/mol. The Morgan fingerprint density at radius 3 is 2.62 bits per heavy atom. The van der Waals surface area contributed by atoms with E-state index in [1.54, 1.807) is 6.20 Å².